The van der Waals surface area contributed by atoms with Crippen molar-refractivity contribution in [3.8, 4) is 0 Å². The summed E-state index contributed by atoms with van der Waals surface area (Å²) >= 11 is 0. The van der Waals surface area contributed by atoms with Gasteiger partial charge in [0.05, 0.1) is 6.61 Å². The van der Waals surface area contributed by atoms with Gasteiger partial charge in [-0.15, -0.1) is 0 Å². The summed E-state index contributed by atoms with van der Waals surface area (Å²) in [4.78, 5) is 6.22. The van der Waals surface area contributed by atoms with E-state index in [2.05, 4.69) is 28.9 Å². The fraction of sp³-hybridized carbons (Fsp3) is 0.500. The van der Waals surface area contributed by atoms with E-state index >= 15 is 0 Å². The Morgan fingerprint density at radius 2 is 2.33 bits per heavy atom. The largest absolute Gasteiger partial charge is 0.409 e. The van der Waals surface area contributed by atoms with Crippen molar-refractivity contribution in [2.45, 2.75) is 19.9 Å². The van der Waals surface area contributed by atoms with Crippen molar-refractivity contribution < 1.29 is 9.94 Å². The van der Waals surface area contributed by atoms with Gasteiger partial charge in [-0.1, -0.05) is 5.16 Å². The molecular weight excluding hydrogens is 232 g/mol. The molecular formula is C12H20N4O2. The third-order valence-electron chi connectivity index (χ3n) is 2.60. The van der Waals surface area contributed by atoms with Gasteiger partial charge in [-0.3, -0.25) is 4.98 Å². The van der Waals surface area contributed by atoms with Crippen LogP contribution in [0.2, 0.25) is 0 Å². The van der Waals surface area contributed by atoms with E-state index in [1.165, 1.54) is 0 Å². The molecule has 0 saturated heterocycles. The summed E-state index contributed by atoms with van der Waals surface area (Å²) in [5, 5.41) is 11.6. The molecule has 0 aliphatic carbocycles. The second-order valence-electron chi connectivity index (χ2n) is 4.16. The molecule has 0 aromatic carbocycles. The lowest BCUT2D eigenvalue weighted by Crippen LogP contribution is -2.34. The predicted molar refractivity (Wildman–Crippen MR) is 71.1 cm³/mol. The smallest absolute Gasteiger partial charge is 0.188 e. The summed E-state index contributed by atoms with van der Waals surface area (Å²) < 4.78 is 5.10. The van der Waals surface area contributed by atoms with Crippen LogP contribution < -0.4 is 10.6 Å². The first-order valence-corrected chi connectivity index (χ1v) is 5.79. The molecule has 0 aliphatic rings. The summed E-state index contributed by atoms with van der Waals surface area (Å²) in [6.07, 6.45) is 1.64. The molecule has 0 aliphatic heterocycles. The number of pyridine rings is 1. The fourth-order valence-corrected chi connectivity index (χ4v) is 1.66. The summed E-state index contributed by atoms with van der Waals surface area (Å²) in [7, 11) is 1.67. The van der Waals surface area contributed by atoms with E-state index in [4.69, 9.17) is 15.7 Å². The number of hydrogen-bond donors (Lipinski definition) is 2. The van der Waals surface area contributed by atoms with E-state index in [9.17, 15) is 0 Å². The highest BCUT2D eigenvalue weighted by molar-refractivity contribution is 5.95. The monoisotopic (exact) mass is 252 g/mol. The number of amidine groups is 1. The topological polar surface area (TPSA) is 84.0 Å². The predicted octanol–water partition coefficient (Wildman–Crippen LogP) is 1.04. The zero-order chi connectivity index (χ0) is 13.5. The van der Waals surface area contributed by atoms with Gasteiger partial charge in [-0.2, -0.15) is 0 Å². The van der Waals surface area contributed by atoms with Crippen LogP contribution in [0.1, 0.15) is 19.5 Å². The summed E-state index contributed by atoms with van der Waals surface area (Å²) in [5.74, 6) is 0.00676. The van der Waals surface area contributed by atoms with E-state index < -0.39 is 0 Å². The molecule has 100 valence electrons. The minimum absolute atomic E-state index is 0.00676. The van der Waals surface area contributed by atoms with Crippen molar-refractivity contribution in [3.63, 3.8) is 0 Å². The molecule has 1 rings (SSSR count). The Kier molecular flexibility index (Phi) is 5.38. The van der Waals surface area contributed by atoms with Crippen molar-refractivity contribution in [1.29, 1.82) is 0 Å². The molecule has 6 heteroatoms. The minimum atomic E-state index is 0.00676. The normalized spacial score (nSPS) is 11.9. The zero-order valence-electron chi connectivity index (χ0n) is 11.0. The molecule has 0 fully saturated rings. The van der Waals surface area contributed by atoms with E-state index in [-0.39, 0.29) is 5.84 Å². The summed E-state index contributed by atoms with van der Waals surface area (Å²) in [6, 6.07) is 4.01. The maximum absolute atomic E-state index is 8.66. The number of anilines is 1. The molecule has 1 heterocycles. The number of nitrogens with two attached hydrogens (primary N) is 1. The van der Waals surface area contributed by atoms with Crippen LogP contribution in [0, 0.1) is 0 Å². The molecule has 6 nitrogen and oxygen atoms in total. The SMILES string of the molecule is COCCN(c1ccnc(/C(N)=N/O)c1)C(C)C. The Morgan fingerprint density at radius 3 is 2.89 bits per heavy atom. The van der Waals surface area contributed by atoms with Crippen LogP contribution >= 0.6 is 0 Å². The standard InChI is InChI=1S/C12H20N4O2/c1-9(2)16(6-7-18-3)10-4-5-14-11(8-10)12(13)15-17/h4-5,8-9,17H,6-7H2,1-3H3,(H2,13,15). The van der Waals surface area contributed by atoms with Gasteiger partial charge in [0.15, 0.2) is 5.84 Å². The Balaban J connectivity index is 2.98. The van der Waals surface area contributed by atoms with Gasteiger partial charge in [0, 0.05) is 31.6 Å². The third kappa shape index (κ3) is 3.59. The first-order chi connectivity index (χ1) is 8.60. The molecule has 0 amide bonds. The molecule has 0 bridgehead atoms. The lowest BCUT2D eigenvalue weighted by molar-refractivity contribution is 0.204. The molecule has 0 saturated carbocycles. The van der Waals surface area contributed by atoms with E-state index in [1.54, 1.807) is 19.4 Å². The van der Waals surface area contributed by atoms with Crippen molar-refractivity contribution >= 4 is 11.5 Å². The highest BCUT2D eigenvalue weighted by Crippen LogP contribution is 2.17. The summed E-state index contributed by atoms with van der Waals surface area (Å²) in [6.45, 7) is 5.60. The maximum Gasteiger partial charge on any atom is 0.188 e. The Morgan fingerprint density at radius 1 is 1.61 bits per heavy atom. The highest BCUT2D eigenvalue weighted by Gasteiger charge is 2.12. The second-order valence-corrected chi connectivity index (χ2v) is 4.16. The Hall–Kier alpha value is -1.82. The molecule has 1 aromatic rings. The number of rotatable bonds is 6. The zero-order valence-corrected chi connectivity index (χ0v) is 11.0. The van der Waals surface area contributed by atoms with Crippen LogP contribution in [0.5, 0.6) is 0 Å². The van der Waals surface area contributed by atoms with E-state index in [0.717, 1.165) is 12.2 Å². The van der Waals surface area contributed by atoms with E-state index in [0.29, 0.717) is 18.3 Å². The first-order valence-electron chi connectivity index (χ1n) is 5.79. The second kappa shape index (κ2) is 6.80. The quantitative estimate of drug-likeness (QED) is 0.342. The van der Waals surface area contributed by atoms with Crippen LogP contribution in [-0.4, -0.2) is 42.3 Å². The number of nitrogens with zero attached hydrogens (tertiary/aromatic N) is 3. The van der Waals surface area contributed by atoms with E-state index in [1.807, 2.05) is 6.07 Å². The molecule has 0 radical (unpaired) electrons. The molecule has 0 atom stereocenters. The van der Waals surface area contributed by atoms with Gasteiger partial charge in [-0.25, -0.2) is 0 Å². The van der Waals surface area contributed by atoms with Crippen molar-refractivity contribution in [3.05, 3.63) is 24.0 Å². The number of ether oxygens (including phenoxy) is 1. The number of methoxy groups -OCH3 is 1. The molecule has 3 N–H and O–H groups in total. The van der Waals surface area contributed by atoms with Crippen molar-refractivity contribution in [1.82, 2.24) is 4.98 Å². The van der Waals surface area contributed by atoms with Crippen LogP contribution in [-0.2, 0) is 4.74 Å². The van der Waals surface area contributed by atoms with Gasteiger partial charge in [0.2, 0.25) is 0 Å². The fourth-order valence-electron chi connectivity index (χ4n) is 1.66. The molecule has 1 aromatic heterocycles. The van der Waals surface area contributed by atoms with Gasteiger partial charge < -0.3 is 20.6 Å². The third-order valence-corrected chi connectivity index (χ3v) is 2.60. The number of oxime groups is 1. The maximum atomic E-state index is 8.66. The van der Waals surface area contributed by atoms with Crippen molar-refractivity contribution in [2.75, 3.05) is 25.2 Å². The highest BCUT2D eigenvalue weighted by atomic mass is 16.5. The van der Waals surface area contributed by atoms with Gasteiger partial charge in [0.25, 0.3) is 0 Å². The lowest BCUT2D eigenvalue weighted by Gasteiger charge is -2.28. The summed E-state index contributed by atoms with van der Waals surface area (Å²) in [5.41, 5.74) is 6.96. The van der Waals surface area contributed by atoms with Crippen LogP contribution in [0.15, 0.2) is 23.5 Å². The molecule has 0 unspecified atom stereocenters. The lowest BCUT2D eigenvalue weighted by atomic mass is 10.2. The van der Waals surface area contributed by atoms with Crippen LogP contribution in [0.25, 0.3) is 0 Å². The molecule has 0 spiro atoms. The number of hydrogen-bond acceptors (Lipinski definition) is 5. The average molecular weight is 252 g/mol. The molecule has 18 heavy (non-hydrogen) atoms. The van der Waals surface area contributed by atoms with Gasteiger partial charge >= 0.3 is 0 Å². The van der Waals surface area contributed by atoms with Crippen LogP contribution in [0.4, 0.5) is 5.69 Å². The minimum Gasteiger partial charge on any atom is -0.409 e. The number of aromatic nitrogens is 1. The Labute approximate surface area is 107 Å². The van der Waals surface area contributed by atoms with Crippen LogP contribution in [0.3, 0.4) is 0 Å². The van der Waals surface area contributed by atoms with Gasteiger partial charge in [-0.05, 0) is 26.0 Å². The Bertz CT molecular complexity index is 407. The first kappa shape index (κ1) is 14.2. The van der Waals surface area contributed by atoms with Gasteiger partial charge in [0.1, 0.15) is 5.69 Å². The van der Waals surface area contributed by atoms with Crippen molar-refractivity contribution in [2.24, 2.45) is 10.9 Å². The average Bonchev–Trinajstić information content (AvgIpc) is 2.38.